The van der Waals surface area contributed by atoms with Crippen LogP contribution in [0.15, 0.2) is 18.2 Å². The first-order valence-corrected chi connectivity index (χ1v) is 6.36. The van der Waals surface area contributed by atoms with Gasteiger partial charge in [0.25, 0.3) is 0 Å². The van der Waals surface area contributed by atoms with Gasteiger partial charge in [-0.2, -0.15) is 0 Å². The van der Waals surface area contributed by atoms with Crippen LogP contribution >= 0.6 is 0 Å². The van der Waals surface area contributed by atoms with Gasteiger partial charge in [0.2, 0.25) is 5.91 Å². The maximum atomic E-state index is 12.1. The summed E-state index contributed by atoms with van der Waals surface area (Å²) in [7, 11) is 1.89. The molecule has 0 unspecified atom stereocenters. The van der Waals surface area contributed by atoms with Gasteiger partial charge in [-0.1, -0.05) is 6.07 Å². The molecule has 0 aromatic heterocycles. The number of aryl methyl sites for hydroxylation is 2. The van der Waals surface area contributed by atoms with Gasteiger partial charge in [0.1, 0.15) is 0 Å². The highest BCUT2D eigenvalue weighted by Gasteiger charge is 2.28. The molecular formula is C14H18N2O. The van der Waals surface area contributed by atoms with Crippen LogP contribution in [0.25, 0.3) is 0 Å². The molecule has 1 N–H and O–H groups in total. The summed E-state index contributed by atoms with van der Waals surface area (Å²) in [5.74, 6) is 0.412. The molecule has 1 amide bonds. The van der Waals surface area contributed by atoms with E-state index in [4.69, 9.17) is 0 Å². The molecule has 1 aliphatic carbocycles. The second kappa shape index (κ2) is 4.15. The number of carbonyl (C=O) groups is 1. The Morgan fingerprint density at radius 2 is 2.06 bits per heavy atom. The molecule has 1 aromatic rings. The minimum atomic E-state index is 0.174. The van der Waals surface area contributed by atoms with Gasteiger partial charge in [-0.3, -0.25) is 4.79 Å². The Morgan fingerprint density at radius 3 is 2.76 bits per heavy atom. The van der Waals surface area contributed by atoms with Crippen LogP contribution in [0, 0.1) is 5.92 Å². The zero-order valence-electron chi connectivity index (χ0n) is 10.2. The van der Waals surface area contributed by atoms with Gasteiger partial charge in [-0.05, 0) is 42.5 Å². The van der Waals surface area contributed by atoms with Crippen molar-refractivity contribution in [2.75, 3.05) is 25.0 Å². The number of nitrogens with zero attached hydrogens (tertiary/aromatic N) is 1. The molecule has 3 rings (SSSR count). The first kappa shape index (κ1) is 10.8. The molecule has 1 aliphatic heterocycles. The average Bonchev–Trinajstić information content (AvgIpc) is 2.72. The Morgan fingerprint density at radius 1 is 1.29 bits per heavy atom. The van der Waals surface area contributed by atoms with E-state index >= 15 is 0 Å². The molecule has 17 heavy (non-hydrogen) atoms. The van der Waals surface area contributed by atoms with Crippen molar-refractivity contribution in [1.29, 1.82) is 0 Å². The molecule has 3 heteroatoms. The Kier molecular flexibility index (Phi) is 2.63. The Bertz CT molecular complexity index is 452. The first-order chi connectivity index (χ1) is 8.25. The normalized spacial score (nSPS) is 18.6. The fraction of sp³-hybridized carbons (Fsp3) is 0.500. The third-order valence-corrected chi connectivity index (χ3v) is 3.93. The molecule has 3 nitrogen and oxygen atoms in total. The number of benzene rings is 1. The maximum Gasteiger partial charge on any atom is 0.232 e. The molecule has 0 spiro atoms. The smallest absolute Gasteiger partial charge is 0.232 e. The molecular weight excluding hydrogens is 212 g/mol. The number of rotatable bonds is 2. The summed E-state index contributed by atoms with van der Waals surface area (Å²) in [5, 5.41) is 3.14. The zero-order valence-corrected chi connectivity index (χ0v) is 10.2. The molecule has 1 fully saturated rings. The van der Waals surface area contributed by atoms with E-state index in [0.717, 1.165) is 25.2 Å². The molecule has 2 aliphatic rings. The van der Waals surface area contributed by atoms with Gasteiger partial charge in [-0.25, -0.2) is 0 Å². The lowest BCUT2D eigenvalue weighted by Crippen LogP contribution is -2.51. The average molecular weight is 230 g/mol. The maximum absolute atomic E-state index is 12.1. The van der Waals surface area contributed by atoms with Crippen molar-refractivity contribution in [3.05, 3.63) is 29.3 Å². The number of fused-ring (bicyclic) bond motifs is 1. The lowest BCUT2D eigenvalue weighted by atomic mass is 10.0. The summed E-state index contributed by atoms with van der Waals surface area (Å²) < 4.78 is 0. The highest BCUT2D eigenvalue weighted by molar-refractivity contribution is 5.95. The van der Waals surface area contributed by atoms with Crippen molar-refractivity contribution in [3.8, 4) is 0 Å². The van der Waals surface area contributed by atoms with Crippen molar-refractivity contribution in [1.82, 2.24) is 5.32 Å². The van der Waals surface area contributed by atoms with E-state index in [1.807, 2.05) is 11.9 Å². The van der Waals surface area contributed by atoms with E-state index in [9.17, 15) is 4.79 Å². The van der Waals surface area contributed by atoms with Gasteiger partial charge < -0.3 is 10.2 Å². The van der Waals surface area contributed by atoms with Crippen LogP contribution in [0.1, 0.15) is 17.5 Å². The highest BCUT2D eigenvalue weighted by atomic mass is 16.2. The van der Waals surface area contributed by atoms with E-state index in [-0.39, 0.29) is 11.8 Å². The monoisotopic (exact) mass is 230 g/mol. The minimum absolute atomic E-state index is 0.174. The van der Waals surface area contributed by atoms with Crippen LogP contribution in [-0.2, 0) is 17.6 Å². The molecule has 0 radical (unpaired) electrons. The van der Waals surface area contributed by atoms with Crippen molar-refractivity contribution in [2.45, 2.75) is 19.3 Å². The summed E-state index contributed by atoms with van der Waals surface area (Å²) in [6, 6.07) is 6.45. The van der Waals surface area contributed by atoms with E-state index in [1.165, 1.54) is 24.0 Å². The highest BCUT2D eigenvalue weighted by Crippen LogP contribution is 2.27. The molecule has 0 saturated carbocycles. The van der Waals surface area contributed by atoms with Gasteiger partial charge >= 0.3 is 0 Å². The molecule has 0 atom stereocenters. The van der Waals surface area contributed by atoms with Crippen LogP contribution in [0.5, 0.6) is 0 Å². The van der Waals surface area contributed by atoms with E-state index in [2.05, 4.69) is 23.5 Å². The van der Waals surface area contributed by atoms with E-state index in [1.54, 1.807) is 0 Å². The Labute approximate surface area is 102 Å². The second-order valence-corrected chi connectivity index (χ2v) is 5.06. The number of carbonyl (C=O) groups excluding carboxylic acids is 1. The van der Waals surface area contributed by atoms with Gasteiger partial charge in [0.05, 0.1) is 5.92 Å². The van der Waals surface area contributed by atoms with E-state index in [0.29, 0.717) is 0 Å². The predicted molar refractivity (Wildman–Crippen MR) is 68.2 cm³/mol. The Hall–Kier alpha value is -1.35. The number of amides is 1. The van der Waals surface area contributed by atoms with Crippen LogP contribution in [0.4, 0.5) is 5.69 Å². The first-order valence-electron chi connectivity index (χ1n) is 6.36. The molecule has 1 saturated heterocycles. The fourth-order valence-corrected chi connectivity index (χ4v) is 2.63. The summed E-state index contributed by atoms with van der Waals surface area (Å²) in [6.07, 6.45) is 3.61. The van der Waals surface area contributed by atoms with E-state index < -0.39 is 0 Å². The van der Waals surface area contributed by atoms with Gasteiger partial charge in [0, 0.05) is 25.8 Å². The lowest BCUT2D eigenvalue weighted by Gasteiger charge is -2.30. The molecule has 1 aromatic carbocycles. The van der Waals surface area contributed by atoms with Crippen molar-refractivity contribution in [3.63, 3.8) is 0 Å². The predicted octanol–water partition coefficient (Wildman–Crippen LogP) is 1.36. The van der Waals surface area contributed by atoms with Crippen LogP contribution in [0.3, 0.4) is 0 Å². The molecule has 1 heterocycles. The number of hydrogen-bond donors (Lipinski definition) is 1. The number of hydrogen-bond acceptors (Lipinski definition) is 2. The molecule has 0 bridgehead atoms. The SMILES string of the molecule is CN(C(=O)C1CNC1)c1ccc2c(c1)CCC2. The quantitative estimate of drug-likeness (QED) is 0.832. The third kappa shape index (κ3) is 1.84. The number of nitrogens with one attached hydrogen (secondary N) is 1. The lowest BCUT2D eigenvalue weighted by molar-refractivity contribution is -0.123. The third-order valence-electron chi connectivity index (χ3n) is 3.93. The summed E-state index contributed by atoms with van der Waals surface area (Å²) >= 11 is 0. The Balaban J connectivity index is 1.81. The summed E-state index contributed by atoms with van der Waals surface area (Å²) in [6.45, 7) is 1.65. The topological polar surface area (TPSA) is 32.3 Å². The van der Waals surface area contributed by atoms with Crippen LogP contribution in [0.2, 0.25) is 0 Å². The van der Waals surface area contributed by atoms with Gasteiger partial charge in [0.15, 0.2) is 0 Å². The summed E-state index contributed by atoms with van der Waals surface area (Å²) in [5.41, 5.74) is 3.93. The zero-order chi connectivity index (χ0) is 11.8. The van der Waals surface area contributed by atoms with Crippen molar-refractivity contribution < 1.29 is 4.79 Å². The minimum Gasteiger partial charge on any atom is -0.315 e. The molecule has 90 valence electrons. The fourth-order valence-electron chi connectivity index (χ4n) is 2.63. The summed E-state index contributed by atoms with van der Waals surface area (Å²) in [4.78, 5) is 13.9. The van der Waals surface area contributed by atoms with Crippen molar-refractivity contribution in [2.24, 2.45) is 5.92 Å². The van der Waals surface area contributed by atoms with Crippen molar-refractivity contribution >= 4 is 11.6 Å². The second-order valence-electron chi connectivity index (χ2n) is 5.06. The van der Waals surface area contributed by atoms with Crippen LogP contribution in [-0.4, -0.2) is 26.0 Å². The number of anilines is 1. The standard InChI is InChI=1S/C14H18N2O/c1-16(14(17)12-8-15-9-12)13-6-5-10-3-2-4-11(10)7-13/h5-7,12,15H,2-4,8-9H2,1H3. The largest absolute Gasteiger partial charge is 0.315 e. The van der Waals surface area contributed by atoms with Crippen LogP contribution < -0.4 is 10.2 Å². The van der Waals surface area contributed by atoms with Gasteiger partial charge in [-0.15, -0.1) is 0 Å².